The van der Waals surface area contributed by atoms with E-state index in [2.05, 4.69) is 94.5 Å². The summed E-state index contributed by atoms with van der Waals surface area (Å²) in [6, 6.07) is 29.4. The highest BCUT2D eigenvalue weighted by Crippen LogP contribution is 2.45. The number of hydrogen-bond donors (Lipinski definition) is 0. The fourth-order valence-corrected chi connectivity index (χ4v) is 6.04. The average Bonchev–Trinajstić information content (AvgIpc) is 3.06. The summed E-state index contributed by atoms with van der Waals surface area (Å²) in [5.74, 6) is 1.71. The van der Waals surface area contributed by atoms with E-state index >= 15 is 0 Å². The van der Waals surface area contributed by atoms with Gasteiger partial charge in [-0.15, -0.1) is 0 Å². The van der Waals surface area contributed by atoms with Crippen LogP contribution in [0, 0.1) is 6.92 Å². The molecule has 6 rings (SSSR count). The van der Waals surface area contributed by atoms with Gasteiger partial charge in [-0.25, -0.2) is 8.42 Å². The van der Waals surface area contributed by atoms with Crippen LogP contribution in [0.15, 0.2) is 91.1 Å². The van der Waals surface area contributed by atoms with Gasteiger partial charge in [0, 0.05) is 42.3 Å². The molecule has 0 saturated carbocycles. The Kier molecular flexibility index (Phi) is 9.50. The number of nitrogens with zero attached hydrogens (tertiary/aromatic N) is 1. The van der Waals surface area contributed by atoms with Crippen molar-refractivity contribution in [3.8, 4) is 45.3 Å². The van der Waals surface area contributed by atoms with Crippen molar-refractivity contribution in [3.63, 3.8) is 0 Å². The van der Waals surface area contributed by atoms with E-state index in [9.17, 15) is 17.8 Å². The highest BCUT2D eigenvalue weighted by atomic mass is 32.3. The first-order valence-electron chi connectivity index (χ1n) is 14.4. The molecule has 0 saturated heterocycles. The molecule has 0 radical (unpaired) electrons. The molecule has 10 nitrogen and oxygen atoms in total. The van der Waals surface area contributed by atoms with Gasteiger partial charge in [0.2, 0.25) is 5.52 Å². The molecule has 2 aromatic heterocycles. The molecule has 242 valence electrons. The number of carbonyl (C=O) groups is 1. The van der Waals surface area contributed by atoms with Crippen LogP contribution in [0.2, 0.25) is 0 Å². The number of benzene rings is 4. The Morgan fingerprint density at radius 3 is 1.83 bits per heavy atom. The van der Waals surface area contributed by atoms with Gasteiger partial charge in [0.15, 0.2) is 34.9 Å². The average molecular weight is 656 g/mol. The molecule has 0 aliphatic rings. The van der Waals surface area contributed by atoms with E-state index in [-0.39, 0.29) is 0 Å². The van der Waals surface area contributed by atoms with Crippen molar-refractivity contribution in [3.05, 3.63) is 96.8 Å². The molecule has 2 heterocycles. The maximum atomic E-state index is 9.66. The third-order valence-electron chi connectivity index (χ3n) is 7.75. The van der Waals surface area contributed by atoms with Crippen LogP contribution in [-0.2, 0) is 19.4 Å². The minimum atomic E-state index is -4.82. The molecule has 11 heteroatoms. The Labute approximate surface area is 272 Å². The quantitative estimate of drug-likeness (QED) is 0.0630. The Morgan fingerprint density at radius 1 is 0.660 bits per heavy atom. The second kappa shape index (κ2) is 13.5. The Hall–Kier alpha value is -5.39. The number of rotatable bonds is 7. The number of pyridine rings is 2. The largest absolute Gasteiger partial charge is 0.716 e. The van der Waals surface area contributed by atoms with Crippen molar-refractivity contribution in [2.45, 2.75) is 13.8 Å². The van der Waals surface area contributed by atoms with Gasteiger partial charge >= 0.3 is 5.97 Å². The minimum Gasteiger partial charge on any atom is -0.716 e. The van der Waals surface area contributed by atoms with Crippen LogP contribution in [0.25, 0.3) is 49.3 Å². The number of methoxy groups -OCH3 is 4. The van der Waals surface area contributed by atoms with Crippen molar-refractivity contribution in [2.75, 3.05) is 28.4 Å². The number of aryl methyl sites for hydroxylation is 1. The highest BCUT2D eigenvalue weighted by molar-refractivity contribution is 7.81. The molecule has 0 bridgehead atoms. The predicted molar refractivity (Wildman–Crippen MR) is 178 cm³/mol. The molecule has 47 heavy (non-hydrogen) atoms. The third kappa shape index (κ3) is 6.62. The van der Waals surface area contributed by atoms with E-state index < -0.39 is 16.4 Å². The second-order valence-electron chi connectivity index (χ2n) is 10.4. The fourth-order valence-electron chi connectivity index (χ4n) is 5.75. The normalized spacial score (nSPS) is 11.1. The summed E-state index contributed by atoms with van der Waals surface area (Å²) in [4.78, 5) is 9.66. The first-order chi connectivity index (χ1) is 22.5. The number of hydrogen-bond acceptors (Lipinski definition) is 9. The van der Waals surface area contributed by atoms with E-state index in [1.165, 1.54) is 5.56 Å². The lowest BCUT2D eigenvalue weighted by Gasteiger charge is -2.17. The monoisotopic (exact) mass is 655 g/mol. The summed E-state index contributed by atoms with van der Waals surface area (Å²) in [6.07, 6.45) is 2.08. The molecule has 0 amide bonds. The van der Waals surface area contributed by atoms with Gasteiger partial charge in [-0.3, -0.25) is 4.79 Å². The van der Waals surface area contributed by atoms with Crippen LogP contribution in [0.3, 0.4) is 0 Å². The van der Waals surface area contributed by atoms with Gasteiger partial charge in [-0.05, 0) is 34.9 Å². The van der Waals surface area contributed by atoms with E-state index in [4.69, 9.17) is 18.9 Å². The van der Waals surface area contributed by atoms with E-state index in [1.807, 2.05) is 12.1 Å². The maximum Gasteiger partial charge on any atom is 0.318 e. The standard InChI is InChI=1S/C34H30NO4.C2H4O5S/c1-21-27-20-31(37-3)34(39-5)32(24-13-11-23(12-14-24)22-9-7-6-8-10-22)28(27)19-29-25-15-16-30(36-2)33(38-4)26(25)17-18-35(21)29;1-2(3)7-8(4,5)6/h6-20H,1-5H3;1H3,(H,4,5,6)/q+1;/p-1. The Morgan fingerprint density at radius 2 is 1.28 bits per heavy atom. The van der Waals surface area contributed by atoms with Gasteiger partial charge in [0.05, 0.1) is 39.2 Å². The molecule has 0 fully saturated rings. The lowest BCUT2D eigenvalue weighted by Crippen LogP contribution is -2.26. The molecule has 0 N–H and O–H groups in total. The van der Waals surface area contributed by atoms with Crippen LogP contribution in [0.4, 0.5) is 0 Å². The van der Waals surface area contributed by atoms with Crippen LogP contribution >= 0.6 is 0 Å². The van der Waals surface area contributed by atoms with Crippen molar-refractivity contribution in [1.29, 1.82) is 0 Å². The summed E-state index contributed by atoms with van der Waals surface area (Å²) in [5.41, 5.74) is 6.55. The zero-order chi connectivity index (χ0) is 33.9. The van der Waals surface area contributed by atoms with E-state index in [1.54, 1.807) is 28.4 Å². The number of ether oxygens (including phenoxy) is 4. The van der Waals surface area contributed by atoms with E-state index in [0.29, 0.717) is 17.2 Å². The van der Waals surface area contributed by atoms with Crippen molar-refractivity contribution < 1.29 is 45.3 Å². The summed E-state index contributed by atoms with van der Waals surface area (Å²) in [6.45, 7) is 2.96. The van der Waals surface area contributed by atoms with Crippen molar-refractivity contribution in [1.82, 2.24) is 0 Å². The van der Waals surface area contributed by atoms with Crippen molar-refractivity contribution >= 4 is 43.4 Å². The van der Waals surface area contributed by atoms with Gasteiger partial charge < -0.3 is 27.7 Å². The minimum absolute atomic E-state index is 0.697. The first kappa shape index (κ1) is 33.0. The lowest BCUT2D eigenvalue weighted by molar-refractivity contribution is -0.516. The molecule has 0 aliphatic heterocycles. The van der Waals surface area contributed by atoms with Gasteiger partial charge in [-0.2, -0.15) is 4.40 Å². The molecule has 0 aliphatic carbocycles. The molecular weight excluding hydrogens is 622 g/mol. The Balaban J connectivity index is 0.000000483. The zero-order valence-corrected chi connectivity index (χ0v) is 27.5. The topological polar surface area (TPSA) is 125 Å². The molecule has 0 atom stereocenters. The zero-order valence-electron chi connectivity index (χ0n) is 26.7. The number of fused-ring (bicyclic) bond motifs is 4. The molecule has 0 unspecified atom stereocenters. The SMILES string of the molecule is CC(=O)OS(=O)(=O)[O-].COc1cc2c(C)[n+]3ccc4c(OC)c(OC)ccc4c3cc2c(-c2ccc(-c3ccccc3)cc2)c1OC. The first-order valence-corrected chi connectivity index (χ1v) is 15.7. The summed E-state index contributed by atoms with van der Waals surface area (Å²) in [7, 11) is 1.89. The summed E-state index contributed by atoms with van der Waals surface area (Å²) in [5, 5.41) is 4.23. The van der Waals surface area contributed by atoms with Crippen LogP contribution < -0.4 is 23.3 Å². The Bertz CT molecular complexity index is 2220. The third-order valence-corrected chi connectivity index (χ3v) is 8.19. The smallest absolute Gasteiger partial charge is 0.318 e. The van der Waals surface area contributed by atoms with E-state index in [0.717, 1.165) is 62.1 Å². The maximum absolute atomic E-state index is 9.66. The number of carbonyl (C=O) groups excluding carboxylic acids is 1. The highest BCUT2D eigenvalue weighted by Gasteiger charge is 2.24. The molecule has 4 aromatic carbocycles. The van der Waals surface area contributed by atoms with Gasteiger partial charge in [0.25, 0.3) is 10.4 Å². The van der Waals surface area contributed by atoms with Crippen molar-refractivity contribution in [2.24, 2.45) is 0 Å². The predicted octanol–water partition coefficient (Wildman–Crippen LogP) is 6.42. The molecule has 0 spiro atoms. The van der Waals surface area contributed by atoms with Gasteiger partial charge in [-0.1, -0.05) is 54.6 Å². The lowest BCUT2D eigenvalue weighted by atomic mass is 9.93. The van der Waals surface area contributed by atoms with Crippen LogP contribution in [0.1, 0.15) is 12.6 Å². The number of aromatic nitrogens is 1. The second-order valence-corrected chi connectivity index (χ2v) is 11.4. The molecule has 6 aromatic rings. The van der Waals surface area contributed by atoms with Crippen LogP contribution in [-0.4, -0.2) is 47.4 Å². The van der Waals surface area contributed by atoms with Crippen LogP contribution in [0.5, 0.6) is 23.0 Å². The summed E-state index contributed by atoms with van der Waals surface area (Å²) >= 11 is 0. The van der Waals surface area contributed by atoms with Gasteiger partial charge in [0.1, 0.15) is 0 Å². The molecular formula is C36H33NO9S. The summed E-state index contributed by atoms with van der Waals surface area (Å²) < 4.78 is 56.9. The fraction of sp³-hybridized carbons (Fsp3) is 0.167.